The van der Waals surface area contributed by atoms with Gasteiger partial charge in [0.25, 0.3) is 0 Å². The molecule has 6 aromatic rings. The molecule has 0 amide bonds. The molecule has 0 aliphatic rings. The molecule has 0 heterocycles. The summed E-state index contributed by atoms with van der Waals surface area (Å²) in [7, 11) is 0. The van der Waals surface area contributed by atoms with Crippen molar-refractivity contribution in [2.75, 3.05) is 0 Å². The van der Waals surface area contributed by atoms with Crippen molar-refractivity contribution in [2.24, 2.45) is 0 Å². The second kappa shape index (κ2) is 14.0. The normalized spacial score (nSPS) is 10.0. The van der Waals surface area contributed by atoms with Crippen LogP contribution in [-0.2, 0) is 23.3 Å². The Balaban J connectivity index is 0.000000187. The summed E-state index contributed by atoms with van der Waals surface area (Å²) in [4.78, 5) is 0. The predicted octanol–water partition coefficient (Wildman–Crippen LogP) is 3.00. The molecule has 0 bridgehead atoms. The van der Waals surface area contributed by atoms with Crippen LogP contribution in [0.15, 0.2) is 109 Å². The van der Waals surface area contributed by atoms with Gasteiger partial charge in [0.05, 0.1) is 0 Å². The Morgan fingerprint density at radius 2 is 0.735 bits per heavy atom. The fourth-order valence-electron chi connectivity index (χ4n) is 4.06. The van der Waals surface area contributed by atoms with Crippen molar-refractivity contribution >= 4 is 48.5 Å². The van der Waals surface area contributed by atoms with Gasteiger partial charge >= 0.3 is 54.7 Å². The van der Waals surface area contributed by atoms with E-state index in [1.54, 1.807) is 23.3 Å². The van der Waals surface area contributed by atoms with Crippen molar-refractivity contribution in [1.82, 2.24) is 0 Å². The van der Waals surface area contributed by atoms with E-state index in [4.69, 9.17) is 0 Å². The van der Waals surface area contributed by atoms with Crippen molar-refractivity contribution in [3.8, 4) is 0 Å². The van der Waals surface area contributed by atoms with E-state index in [1.807, 2.05) is 0 Å². The Morgan fingerprint density at radius 3 is 0.941 bits per heavy atom. The molecule has 6 aromatic carbocycles. The number of hydrogen-bond donors (Lipinski definition) is 0. The summed E-state index contributed by atoms with van der Waals surface area (Å²) in [6, 6.07) is 41.5. The Kier molecular flexibility index (Phi) is 11.8. The van der Waals surface area contributed by atoms with Crippen molar-refractivity contribution in [2.45, 2.75) is 25.9 Å². The summed E-state index contributed by atoms with van der Waals surface area (Å²) in [6.45, 7) is 4.60. The minimum atomic E-state index is 0. The minimum Gasteiger partial charge on any atom is -1.00 e. The van der Waals surface area contributed by atoms with Gasteiger partial charge in [0.15, 0.2) is 0 Å². The number of rotatable bonds is 2. The van der Waals surface area contributed by atoms with Crippen LogP contribution in [-0.4, -0.2) is 5.43 Å². The van der Waals surface area contributed by atoms with Gasteiger partial charge in [0, 0.05) is 0 Å². The zero-order valence-electron chi connectivity index (χ0n) is 19.6. The van der Waals surface area contributed by atoms with Crippen LogP contribution >= 0.6 is 0 Å². The summed E-state index contributed by atoms with van der Waals surface area (Å²) in [5.41, 5.74) is 0.222. The van der Waals surface area contributed by atoms with Crippen molar-refractivity contribution in [3.63, 3.8) is 0 Å². The summed E-state index contributed by atoms with van der Waals surface area (Å²) in [5.74, 6) is 0. The van der Waals surface area contributed by atoms with E-state index in [-0.39, 0.29) is 30.2 Å². The van der Waals surface area contributed by atoms with E-state index in [2.05, 4.69) is 123 Å². The van der Waals surface area contributed by atoms with E-state index < -0.39 is 0 Å². The van der Waals surface area contributed by atoms with Gasteiger partial charge in [-0.1, -0.05) is 72.8 Å². The molecule has 0 aromatic heterocycles. The Hall–Kier alpha value is -1.70. The van der Waals surface area contributed by atoms with E-state index in [1.165, 1.54) is 55.2 Å². The van der Waals surface area contributed by atoms with Crippen molar-refractivity contribution < 1.29 is 48.1 Å². The average molecular weight is 579 g/mol. The van der Waals surface area contributed by atoms with Gasteiger partial charge in [-0.25, -0.2) is 0 Å². The summed E-state index contributed by atoms with van der Waals surface area (Å²) < 4.78 is 0. The second-order valence-electron chi connectivity index (χ2n) is 7.95. The van der Waals surface area contributed by atoms with Crippen molar-refractivity contribution in [1.29, 1.82) is 0 Å². The molecule has 6 rings (SSSR count). The van der Waals surface area contributed by atoms with Gasteiger partial charge in [0.1, 0.15) is 0 Å². The molecule has 0 saturated heterocycles. The van der Waals surface area contributed by atoms with Gasteiger partial charge in [0.2, 0.25) is 0 Å². The Bertz CT molecular complexity index is 1270. The molecule has 0 unspecified atom stereocenters. The first-order valence-electron chi connectivity index (χ1n) is 11.3. The average Bonchev–Trinajstić information content (AvgIpc) is 3.43. The molecule has 0 spiro atoms. The molecular formula is C30H28Cl2SiZr-2. The molecule has 0 atom stereocenters. The van der Waals surface area contributed by atoms with Gasteiger partial charge in [-0.3, -0.25) is 0 Å². The molecule has 0 aliphatic heterocycles. The first-order valence-corrected chi connectivity index (χ1v) is 16.9. The molecule has 0 radical (unpaired) electrons. The van der Waals surface area contributed by atoms with E-state index in [0.29, 0.717) is 0 Å². The summed E-state index contributed by atoms with van der Waals surface area (Å²) in [5, 5.41) is 10.8. The van der Waals surface area contributed by atoms with Gasteiger partial charge in [-0.05, 0) is 0 Å². The molecular weight excluding hydrogens is 551 g/mol. The van der Waals surface area contributed by atoms with Gasteiger partial charge < -0.3 is 24.8 Å². The number of halogens is 2. The van der Waals surface area contributed by atoms with E-state index >= 15 is 0 Å². The molecule has 0 saturated carbocycles. The van der Waals surface area contributed by atoms with Crippen LogP contribution in [0.5, 0.6) is 0 Å². The van der Waals surface area contributed by atoms with Crippen LogP contribution in [0.4, 0.5) is 0 Å². The SMILES string of the molecule is CC[Si](=[Zr+2])CC.[Cl-].[Cl-].c1ccc2c(c1)[cH-]c1ccccc12.c1ccc2c(c1)[cH-]c1ccccc12. The number of benzene rings is 4. The van der Waals surface area contributed by atoms with Crippen LogP contribution < -0.4 is 24.8 Å². The molecule has 0 N–H and O–H groups in total. The van der Waals surface area contributed by atoms with Crippen LogP contribution in [0.3, 0.4) is 0 Å². The van der Waals surface area contributed by atoms with Crippen molar-refractivity contribution in [3.05, 3.63) is 109 Å². The van der Waals surface area contributed by atoms with Gasteiger partial charge in [-0.2, -0.15) is 0 Å². The predicted molar refractivity (Wildman–Crippen MR) is 141 cm³/mol. The smallest absolute Gasteiger partial charge is 0.0771 e. The number of hydrogen-bond acceptors (Lipinski definition) is 0. The maximum Gasteiger partial charge on any atom is -0.0771 e. The number of fused-ring (bicyclic) bond motifs is 6. The topological polar surface area (TPSA) is 0 Å². The van der Waals surface area contributed by atoms with Crippen LogP contribution in [0.2, 0.25) is 12.1 Å². The zero-order valence-corrected chi connectivity index (χ0v) is 24.5. The molecule has 172 valence electrons. The maximum absolute atomic E-state index is 2.30. The van der Waals surface area contributed by atoms with E-state index in [9.17, 15) is 0 Å². The molecule has 0 fully saturated rings. The third-order valence-electron chi connectivity index (χ3n) is 5.90. The van der Waals surface area contributed by atoms with Crippen LogP contribution in [0.25, 0.3) is 43.1 Å². The zero-order chi connectivity index (χ0) is 22.3. The third kappa shape index (κ3) is 6.70. The maximum atomic E-state index is 2.30. The Labute approximate surface area is 230 Å². The minimum absolute atomic E-state index is 0. The molecule has 34 heavy (non-hydrogen) atoms. The molecule has 0 aliphatic carbocycles. The third-order valence-corrected chi connectivity index (χ3v) is 12.8. The Morgan fingerprint density at radius 1 is 0.500 bits per heavy atom. The monoisotopic (exact) mass is 576 g/mol. The summed E-state index contributed by atoms with van der Waals surface area (Å²) >= 11 is 1.80. The molecule has 4 heteroatoms. The first-order chi connectivity index (χ1) is 15.7. The largest absolute Gasteiger partial charge is 1.00 e. The first kappa shape index (κ1) is 28.5. The molecule has 0 nitrogen and oxygen atoms in total. The van der Waals surface area contributed by atoms with Gasteiger partial charge in [-0.15, -0.1) is 79.5 Å². The van der Waals surface area contributed by atoms with Crippen LogP contribution in [0, 0.1) is 0 Å². The van der Waals surface area contributed by atoms with E-state index in [0.717, 1.165) is 0 Å². The summed E-state index contributed by atoms with van der Waals surface area (Å²) in [6.07, 6.45) is 0. The standard InChI is InChI=1S/2C13H9.C4H10Si.2ClH.Zr/c2*1-3-7-12-10(5-1)9-11-6-2-4-8-13(11)12;1-3-5-4-2;;;/h2*1-9H;3-4H2,1-2H3;2*1H;/q2*-1;;;;+2/p-2. The second-order valence-corrected chi connectivity index (χ2v) is 15.8. The fraction of sp³-hybridized carbons (Fsp3) is 0.133. The quantitative estimate of drug-likeness (QED) is 0.219. The van der Waals surface area contributed by atoms with Crippen LogP contribution in [0.1, 0.15) is 13.8 Å². The fourth-order valence-corrected chi connectivity index (χ4v) is 4.56.